The van der Waals surface area contributed by atoms with Gasteiger partial charge in [-0.25, -0.2) is 22.0 Å². The Morgan fingerprint density at radius 1 is 0.909 bits per heavy atom. The Hall–Kier alpha value is -1.21. The minimum atomic E-state index is -2.17. The van der Waals surface area contributed by atoms with Crippen molar-refractivity contribution in [3.05, 3.63) is 34.6 Å². The third kappa shape index (κ3) is 2.31. The maximum atomic E-state index is 13.8. The zero-order valence-electron chi connectivity index (χ0n) is 12.0. The quantitative estimate of drug-likeness (QED) is 0.514. The van der Waals surface area contributed by atoms with E-state index in [1.54, 1.807) is 0 Å². The molecule has 22 heavy (non-hydrogen) atoms. The molecule has 1 N–H and O–H groups in total. The second-order valence-electron chi connectivity index (χ2n) is 6.41. The van der Waals surface area contributed by atoms with Gasteiger partial charge in [-0.05, 0) is 32.7 Å². The van der Waals surface area contributed by atoms with Gasteiger partial charge in [-0.15, -0.1) is 0 Å². The van der Waals surface area contributed by atoms with Crippen molar-refractivity contribution in [2.24, 2.45) is 0 Å². The van der Waals surface area contributed by atoms with Crippen LogP contribution in [0.1, 0.15) is 31.2 Å². The molecule has 3 rings (SSSR count). The zero-order chi connectivity index (χ0) is 16.2. The number of nitrogens with zero attached hydrogens (tertiary/aromatic N) is 1. The molecule has 2 bridgehead atoms. The fourth-order valence-corrected chi connectivity index (χ4v) is 3.82. The van der Waals surface area contributed by atoms with Crippen LogP contribution in [-0.4, -0.2) is 34.7 Å². The van der Waals surface area contributed by atoms with E-state index >= 15 is 0 Å². The lowest BCUT2D eigenvalue weighted by Crippen LogP contribution is -2.50. The monoisotopic (exact) mass is 321 g/mol. The van der Waals surface area contributed by atoms with Crippen LogP contribution in [0.2, 0.25) is 0 Å². The van der Waals surface area contributed by atoms with Crippen LogP contribution in [0.5, 0.6) is 0 Å². The lowest BCUT2D eigenvalue weighted by atomic mass is 9.81. The molecule has 2 atom stereocenters. The molecule has 0 amide bonds. The maximum absolute atomic E-state index is 13.8. The number of benzene rings is 1. The first-order chi connectivity index (χ1) is 10.2. The Morgan fingerprint density at radius 3 is 1.77 bits per heavy atom. The van der Waals surface area contributed by atoms with Crippen LogP contribution in [-0.2, 0) is 6.42 Å². The number of hydrogen-bond acceptors (Lipinski definition) is 2. The van der Waals surface area contributed by atoms with E-state index in [1.807, 2.05) is 7.05 Å². The summed E-state index contributed by atoms with van der Waals surface area (Å²) in [4.78, 5) is 2.10. The van der Waals surface area contributed by atoms with Gasteiger partial charge < -0.3 is 10.0 Å². The normalized spacial score (nSPS) is 31.8. The minimum Gasteiger partial charge on any atom is -0.389 e. The zero-order valence-corrected chi connectivity index (χ0v) is 12.0. The molecule has 0 aliphatic carbocycles. The molecular weight excluding hydrogens is 305 g/mol. The number of fused-ring (bicyclic) bond motifs is 2. The summed E-state index contributed by atoms with van der Waals surface area (Å²) >= 11 is 0. The predicted molar refractivity (Wildman–Crippen MR) is 68.7 cm³/mol. The van der Waals surface area contributed by atoms with Gasteiger partial charge in [0, 0.05) is 24.1 Å². The molecule has 0 saturated carbocycles. The summed E-state index contributed by atoms with van der Waals surface area (Å²) in [7, 11) is 1.92. The highest BCUT2D eigenvalue weighted by Crippen LogP contribution is 2.42. The molecule has 122 valence electrons. The summed E-state index contributed by atoms with van der Waals surface area (Å²) < 4.78 is 67.1. The molecule has 2 nitrogen and oxygen atoms in total. The molecule has 2 saturated heterocycles. The maximum Gasteiger partial charge on any atom is 0.200 e. The van der Waals surface area contributed by atoms with Gasteiger partial charge in [0.2, 0.25) is 5.82 Å². The fourth-order valence-electron chi connectivity index (χ4n) is 3.82. The number of halogens is 5. The lowest BCUT2D eigenvalue weighted by Gasteiger charge is -2.42. The highest BCUT2D eigenvalue weighted by Gasteiger charge is 2.46. The van der Waals surface area contributed by atoms with E-state index < -0.39 is 46.7 Å². The molecule has 0 spiro atoms. The van der Waals surface area contributed by atoms with Crippen molar-refractivity contribution < 1.29 is 27.1 Å². The van der Waals surface area contributed by atoms with E-state index in [0.29, 0.717) is 0 Å². The van der Waals surface area contributed by atoms with Crippen LogP contribution in [0.4, 0.5) is 22.0 Å². The number of rotatable bonds is 2. The van der Waals surface area contributed by atoms with Gasteiger partial charge >= 0.3 is 0 Å². The van der Waals surface area contributed by atoms with Gasteiger partial charge in [0.25, 0.3) is 0 Å². The Balaban J connectivity index is 1.94. The summed E-state index contributed by atoms with van der Waals surface area (Å²) in [6.45, 7) is 0. The summed E-state index contributed by atoms with van der Waals surface area (Å²) in [5.74, 6) is -9.80. The van der Waals surface area contributed by atoms with Crippen LogP contribution >= 0.6 is 0 Å². The second-order valence-corrected chi connectivity index (χ2v) is 6.41. The van der Waals surface area contributed by atoms with Crippen molar-refractivity contribution in [2.45, 2.75) is 49.8 Å². The summed E-state index contributed by atoms with van der Waals surface area (Å²) in [5.41, 5.74) is -2.38. The summed E-state index contributed by atoms with van der Waals surface area (Å²) in [6, 6.07) is 0.148. The van der Waals surface area contributed by atoms with E-state index in [2.05, 4.69) is 4.90 Å². The molecule has 2 aliphatic rings. The molecule has 7 heteroatoms. The van der Waals surface area contributed by atoms with Crippen LogP contribution < -0.4 is 0 Å². The van der Waals surface area contributed by atoms with Gasteiger partial charge in [-0.3, -0.25) is 0 Å². The fraction of sp³-hybridized carbons (Fsp3) is 0.600. The number of aliphatic hydroxyl groups is 1. The first-order valence-corrected chi connectivity index (χ1v) is 7.18. The van der Waals surface area contributed by atoms with E-state index in [9.17, 15) is 27.1 Å². The Bertz CT molecular complexity index is 577. The molecule has 2 fully saturated rings. The van der Waals surface area contributed by atoms with Crippen molar-refractivity contribution in [3.63, 3.8) is 0 Å². The summed E-state index contributed by atoms with van der Waals surface area (Å²) in [5, 5.41) is 10.6. The Labute approximate surface area is 124 Å². The standard InChI is InChI=1S/C15H16F5NO/c1-21-7-2-3-8(21)5-15(22,4-7)6-9-10(16)12(18)14(20)13(19)11(9)17/h7-8,22H,2-6H2,1H3. The smallest absolute Gasteiger partial charge is 0.200 e. The molecule has 2 heterocycles. The molecule has 0 radical (unpaired) electrons. The minimum absolute atomic E-state index is 0.0741. The average Bonchev–Trinajstić information content (AvgIpc) is 2.71. The molecule has 1 aromatic carbocycles. The van der Waals surface area contributed by atoms with Gasteiger partial charge in [-0.2, -0.15) is 0 Å². The Kier molecular flexibility index (Phi) is 3.68. The number of piperidine rings is 1. The third-order valence-corrected chi connectivity index (χ3v) is 5.02. The predicted octanol–water partition coefficient (Wildman–Crippen LogP) is 2.91. The van der Waals surface area contributed by atoms with E-state index in [4.69, 9.17) is 0 Å². The molecule has 2 unspecified atom stereocenters. The van der Waals surface area contributed by atoms with Crippen molar-refractivity contribution in [2.75, 3.05) is 7.05 Å². The van der Waals surface area contributed by atoms with Crippen molar-refractivity contribution >= 4 is 0 Å². The van der Waals surface area contributed by atoms with Gasteiger partial charge in [0.15, 0.2) is 23.3 Å². The van der Waals surface area contributed by atoms with Crippen LogP contribution in [0.25, 0.3) is 0 Å². The SMILES string of the molecule is CN1C2CCC1CC(O)(Cc1c(F)c(F)c(F)c(F)c1F)C2. The van der Waals surface area contributed by atoms with Gasteiger partial charge in [-0.1, -0.05) is 0 Å². The van der Waals surface area contributed by atoms with Crippen molar-refractivity contribution in [1.29, 1.82) is 0 Å². The lowest BCUT2D eigenvalue weighted by molar-refractivity contribution is -0.0449. The van der Waals surface area contributed by atoms with Gasteiger partial charge in [0.05, 0.1) is 5.60 Å². The largest absolute Gasteiger partial charge is 0.389 e. The average molecular weight is 321 g/mol. The first kappa shape index (κ1) is 15.7. The third-order valence-electron chi connectivity index (χ3n) is 5.02. The molecule has 2 aliphatic heterocycles. The van der Waals surface area contributed by atoms with Crippen LogP contribution in [0.3, 0.4) is 0 Å². The summed E-state index contributed by atoms with van der Waals surface area (Å²) in [6.07, 6.45) is 1.68. The molecule has 0 aromatic heterocycles. The first-order valence-electron chi connectivity index (χ1n) is 7.18. The second kappa shape index (κ2) is 5.16. The molecule has 1 aromatic rings. The van der Waals surface area contributed by atoms with E-state index in [0.717, 1.165) is 12.8 Å². The molecular formula is C15H16F5NO. The van der Waals surface area contributed by atoms with Crippen LogP contribution in [0.15, 0.2) is 0 Å². The van der Waals surface area contributed by atoms with Gasteiger partial charge in [0.1, 0.15) is 0 Å². The highest BCUT2D eigenvalue weighted by molar-refractivity contribution is 5.26. The Morgan fingerprint density at radius 2 is 1.32 bits per heavy atom. The van der Waals surface area contributed by atoms with Crippen molar-refractivity contribution in [1.82, 2.24) is 4.90 Å². The van der Waals surface area contributed by atoms with E-state index in [-0.39, 0.29) is 24.9 Å². The highest BCUT2D eigenvalue weighted by atomic mass is 19.2. The van der Waals surface area contributed by atoms with E-state index in [1.165, 1.54) is 0 Å². The topological polar surface area (TPSA) is 23.5 Å². The van der Waals surface area contributed by atoms with Crippen LogP contribution in [0, 0.1) is 29.1 Å². The number of hydrogen-bond donors (Lipinski definition) is 1. The van der Waals surface area contributed by atoms with Crippen molar-refractivity contribution in [3.8, 4) is 0 Å².